The highest BCUT2D eigenvalue weighted by atomic mass is 35.5. The fourth-order valence-corrected chi connectivity index (χ4v) is 2.52. The molecule has 5 nitrogen and oxygen atoms in total. The molecule has 0 aliphatic rings. The first-order valence-electron chi connectivity index (χ1n) is 8.01. The number of nitrogens with zero attached hydrogens (tertiary/aromatic N) is 2. The number of rotatable bonds is 6. The number of ether oxygens (including phenoxy) is 1. The summed E-state index contributed by atoms with van der Waals surface area (Å²) in [6, 6.07) is 15.2. The fraction of sp³-hybridized carbons (Fsp3) is 0.158. The van der Waals surface area contributed by atoms with Crippen molar-refractivity contribution in [2.24, 2.45) is 0 Å². The van der Waals surface area contributed by atoms with Crippen LogP contribution < -0.4 is 15.4 Å². The molecule has 0 fully saturated rings. The Morgan fingerprint density at radius 3 is 2.64 bits per heavy atom. The van der Waals surface area contributed by atoms with Crippen LogP contribution in [0.15, 0.2) is 54.7 Å². The van der Waals surface area contributed by atoms with Gasteiger partial charge in [0.15, 0.2) is 0 Å². The molecular formula is C19H19ClN4O. The molecule has 0 unspecified atom stereocenters. The zero-order valence-corrected chi connectivity index (χ0v) is 14.8. The van der Waals surface area contributed by atoms with Gasteiger partial charge in [-0.15, -0.1) is 0 Å². The highest BCUT2D eigenvalue weighted by Crippen LogP contribution is 2.28. The fourth-order valence-electron chi connectivity index (χ4n) is 2.34. The largest absolute Gasteiger partial charge is 0.492 e. The van der Waals surface area contributed by atoms with Crippen LogP contribution in [0, 0.1) is 6.92 Å². The van der Waals surface area contributed by atoms with E-state index in [0.29, 0.717) is 23.4 Å². The van der Waals surface area contributed by atoms with E-state index in [9.17, 15) is 0 Å². The van der Waals surface area contributed by atoms with Gasteiger partial charge >= 0.3 is 0 Å². The van der Waals surface area contributed by atoms with Gasteiger partial charge in [-0.1, -0.05) is 29.8 Å². The standard InChI is InChI=1S/C19H19ClN4O/c1-3-25-17-10-5-4-8-16(17)23-19-21-12-11-18(24-19)22-15-9-6-7-14(20)13(15)2/h4-12H,3H2,1-2H3,(H2,21,22,23,24). The van der Waals surface area contributed by atoms with Crippen molar-refractivity contribution in [2.75, 3.05) is 17.2 Å². The Morgan fingerprint density at radius 2 is 1.80 bits per heavy atom. The summed E-state index contributed by atoms with van der Waals surface area (Å²) in [5.74, 6) is 1.92. The van der Waals surface area contributed by atoms with Crippen LogP contribution in [-0.4, -0.2) is 16.6 Å². The number of para-hydroxylation sites is 2. The molecule has 3 rings (SSSR count). The summed E-state index contributed by atoms with van der Waals surface area (Å²) in [6.45, 7) is 4.50. The zero-order valence-electron chi connectivity index (χ0n) is 14.1. The lowest BCUT2D eigenvalue weighted by atomic mass is 10.2. The molecule has 0 atom stereocenters. The maximum Gasteiger partial charge on any atom is 0.229 e. The predicted octanol–water partition coefficient (Wildman–Crippen LogP) is 5.32. The summed E-state index contributed by atoms with van der Waals surface area (Å²) in [7, 11) is 0. The van der Waals surface area contributed by atoms with Crippen LogP contribution in [0.1, 0.15) is 12.5 Å². The summed E-state index contributed by atoms with van der Waals surface area (Å²) in [5.41, 5.74) is 2.70. The molecule has 1 aromatic heterocycles. The van der Waals surface area contributed by atoms with E-state index in [0.717, 1.165) is 22.7 Å². The molecule has 128 valence electrons. The van der Waals surface area contributed by atoms with Crippen molar-refractivity contribution in [1.82, 2.24) is 9.97 Å². The molecule has 0 bridgehead atoms. The van der Waals surface area contributed by atoms with Crippen molar-refractivity contribution < 1.29 is 4.74 Å². The lowest BCUT2D eigenvalue weighted by molar-refractivity contribution is 0.342. The zero-order chi connectivity index (χ0) is 17.6. The first kappa shape index (κ1) is 17.0. The second kappa shape index (κ2) is 7.85. The van der Waals surface area contributed by atoms with Gasteiger partial charge in [0.2, 0.25) is 5.95 Å². The summed E-state index contributed by atoms with van der Waals surface area (Å²) in [6.07, 6.45) is 1.70. The molecule has 0 aliphatic carbocycles. The number of aromatic nitrogens is 2. The van der Waals surface area contributed by atoms with E-state index in [-0.39, 0.29) is 0 Å². The van der Waals surface area contributed by atoms with E-state index < -0.39 is 0 Å². The van der Waals surface area contributed by atoms with Gasteiger partial charge in [-0.2, -0.15) is 4.98 Å². The molecular weight excluding hydrogens is 336 g/mol. The van der Waals surface area contributed by atoms with Crippen LogP contribution in [0.25, 0.3) is 0 Å². The second-order valence-corrected chi connectivity index (χ2v) is 5.76. The molecule has 0 aliphatic heterocycles. The molecule has 2 aromatic carbocycles. The Morgan fingerprint density at radius 1 is 1.00 bits per heavy atom. The SMILES string of the molecule is CCOc1ccccc1Nc1nccc(Nc2cccc(Cl)c2C)n1. The highest BCUT2D eigenvalue weighted by Gasteiger charge is 2.07. The summed E-state index contributed by atoms with van der Waals surface area (Å²) < 4.78 is 5.62. The van der Waals surface area contributed by atoms with Crippen molar-refractivity contribution in [1.29, 1.82) is 0 Å². The second-order valence-electron chi connectivity index (χ2n) is 5.36. The first-order valence-corrected chi connectivity index (χ1v) is 8.39. The van der Waals surface area contributed by atoms with Crippen molar-refractivity contribution in [3.8, 4) is 5.75 Å². The Labute approximate surface area is 152 Å². The Kier molecular flexibility index (Phi) is 5.36. The number of hydrogen-bond donors (Lipinski definition) is 2. The number of hydrogen-bond acceptors (Lipinski definition) is 5. The molecule has 3 aromatic rings. The van der Waals surface area contributed by atoms with E-state index in [1.807, 2.05) is 56.3 Å². The molecule has 1 heterocycles. The van der Waals surface area contributed by atoms with Crippen LogP contribution in [0.3, 0.4) is 0 Å². The molecule has 6 heteroatoms. The third kappa shape index (κ3) is 4.19. The average molecular weight is 355 g/mol. The Hall–Kier alpha value is -2.79. The number of anilines is 4. The van der Waals surface area contributed by atoms with Crippen LogP contribution in [0.2, 0.25) is 5.02 Å². The minimum absolute atomic E-state index is 0.483. The van der Waals surface area contributed by atoms with Crippen molar-refractivity contribution >= 4 is 34.7 Å². The van der Waals surface area contributed by atoms with Crippen LogP contribution >= 0.6 is 11.6 Å². The Bertz CT molecular complexity index is 870. The molecule has 0 saturated carbocycles. The van der Waals surface area contributed by atoms with Gasteiger partial charge in [0.05, 0.1) is 12.3 Å². The van der Waals surface area contributed by atoms with Gasteiger partial charge in [0.25, 0.3) is 0 Å². The van der Waals surface area contributed by atoms with Gasteiger partial charge < -0.3 is 15.4 Å². The molecule has 0 amide bonds. The van der Waals surface area contributed by atoms with Gasteiger partial charge in [0, 0.05) is 16.9 Å². The monoisotopic (exact) mass is 354 g/mol. The van der Waals surface area contributed by atoms with Crippen molar-refractivity contribution in [2.45, 2.75) is 13.8 Å². The van der Waals surface area contributed by atoms with Gasteiger partial charge in [0.1, 0.15) is 11.6 Å². The normalized spacial score (nSPS) is 10.4. The maximum absolute atomic E-state index is 6.17. The molecule has 0 radical (unpaired) electrons. The van der Waals surface area contributed by atoms with E-state index in [4.69, 9.17) is 16.3 Å². The van der Waals surface area contributed by atoms with Crippen molar-refractivity contribution in [3.63, 3.8) is 0 Å². The van der Waals surface area contributed by atoms with E-state index >= 15 is 0 Å². The van der Waals surface area contributed by atoms with E-state index in [1.54, 1.807) is 12.3 Å². The van der Waals surface area contributed by atoms with Gasteiger partial charge in [-0.05, 0) is 49.7 Å². The van der Waals surface area contributed by atoms with Crippen LogP contribution in [0.4, 0.5) is 23.1 Å². The van der Waals surface area contributed by atoms with Crippen LogP contribution in [-0.2, 0) is 0 Å². The first-order chi connectivity index (χ1) is 12.2. The number of benzene rings is 2. The lowest BCUT2D eigenvalue weighted by Gasteiger charge is -2.13. The molecule has 2 N–H and O–H groups in total. The van der Waals surface area contributed by atoms with Gasteiger partial charge in [-0.3, -0.25) is 0 Å². The lowest BCUT2D eigenvalue weighted by Crippen LogP contribution is -2.03. The minimum atomic E-state index is 0.483. The third-order valence-corrected chi connectivity index (χ3v) is 4.03. The summed E-state index contributed by atoms with van der Waals surface area (Å²) >= 11 is 6.17. The molecule has 0 spiro atoms. The quantitative estimate of drug-likeness (QED) is 0.627. The topological polar surface area (TPSA) is 59.1 Å². The van der Waals surface area contributed by atoms with E-state index in [1.165, 1.54) is 0 Å². The third-order valence-electron chi connectivity index (χ3n) is 3.62. The predicted molar refractivity (Wildman–Crippen MR) is 102 cm³/mol. The molecule has 25 heavy (non-hydrogen) atoms. The molecule has 0 saturated heterocycles. The summed E-state index contributed by atoms with van der Waals surface area (Å²) in [5, 5.41) is 7.18. The smallest absolute Gasteiger partial charge is 0.229 e. The highest BCUT2D eigenvalue weighted by molar-refractivity contribution is 6.31. The Balaban J connectivity index is 1.81. The summed E-state index contributed by atoms with van der Waals surface area (Å²) in [4.78, 5) is 8.78. The van der Waals surface area contributed by atoms with Crippen molar-refractivity contribution in [3.05, 3.63) is 65.3 Å². The van der Waals surface area contributed by atoms with E-state index in [2.05, 4.69) is 20.6 Å². The number of halogens is 1. The van der Waals surface area contributed by atoms with Gasteiger partial charge in [-0.25, -0.2) is 4.98 Å². The van der Waals surface area contributed by atoms with Crippen LogP contribution in [0.5, 0.6) is 5.75 Å². The average Bonchev–Trinajstić information content (AvgIpc) is 2.61. The number of nitrogens with one attached hydrogen (secondary N) is 2. The maximum atomic E-state index is 6.17. The minimum Gasteiger partial charge on any atom is -0.492 e.